The van der Waals surface area contributed by atoms with Crippen molar-refractivity contribution in [1.82, 2.24) is 15.5 Å². The summed E-state index contributed by atoms with van der Waals surface area (Å²) >= 11 is 1.46. The Morgan fingerprint density at radius 2 is 2.38 bits per heavy atom. The van der Waals surface area contributed by atoms with Gasteiger partial charge in [-0.15, -0.1) is 22.6 Å². The second-order valence-electron chi connectivity index (χ2n) is 3.54. The molecule has 1 aromatic heterocycles. The molecule has 5 nitrogen and oxygen atoms in total. The molecule has 90 valence electrons. The molecule has 0 spiro atoms. The van der Waals surface area contributed by atoms with E-state index in [1.807, 2.05) is 0 Å². The summed E-state index contributed by atoms with van der Waals surface area (Å²) in [5.74, 6) is 0.000415. The van der Waals surface area contributed by atoms with Gasteiger partial charge in [0.05, 0.1) is 6.04 Å². The maximum Gasteiger partial charge on any atom is 0.243 e. The van der Waals surface area contributed by atoms with Gasteiger partial charge in [0.25, 0.3) is 0 Å². The van der Waals surface area contributed by atoms with Crippen molar-refractivity contribution in [1.29, 1.82) is 0 Å². The first-order chi connectivity index (χ1) is 7.29. The summed E-state index contributed by atoms with van der Waals surface area (Å²) in [6.07, 6.45) is 2.88. The molecule has 0 aliphatic carbocycles. The number of anilines is 1. The molecule has 0 saturated carbocycles. The molecule has 1 amide bonds. The third-order valence-electron chi connectivity index (χ3n) is 2.30. The maximum atomic E-state index is 11.5. The lowest BCUT2D eigenvalue weighted by Gasteiger charge is -2.25. The molecule has 1 aliphatic heterocycles. The molecular formula is C9H15ClN4OS. The van der Waals surface area contributed by atoms with Crippen LogP contribution in [0.5, 0.6) is 0 Å². The highest BCUT2D eigenvalue weighted by molar-refractivity contribution is 7.15. The van der Waals surface area contributed by atoms with Crippen LogP contribution >= 0.6 is 23.7 Å². The first-order valence-corrected chi connectivity index (χ1v) is 5.98. The number of aryl methyl sites for hydroxylation is 1. The molecule has 0 radical (unpaired) electrons. The fourth-order valence-electron chi connectivity index (χ4n) is 1.32. The van der Waals surface area contributed by atoms with E-state index >= 15 is 0 Å². The molecule has 2 N–H and O–H groups in total. The average molecular weight is 263 g/mol. The van der Waals surface area contributed by atoms with Gasteiger partial charge in [-0.1, -0.05) is 18.3 Å². The van der Waals surface area contributed by atoms with E-state index < -0.39 is 0 Å². The first kappa shape index (κ1) is 13.3. The van der Waals surface area contributed by atoms with Gasteiger partial charge >= 0.3 is 0 Å². The Morgan fingerprint density at radius 3 is 2.94 bits per heavy atom. The molecule has 1 aliphatic rings. The topological polar surface area (TPSA) is 66.9 Å². The zero-order valence-corrected chi connectivity index (χ0v) is 10.7. The van der Waals surface area contributed by atoms with Crippen LogP contribution in [0.1, 0.15) is 24.8 Å². The van der Waals surface area contributed by atoms with Gasteiger partial charge in [-0.05, 0) is 19.4 Å². The summed E-state index contributed by atoms with van der Waals surface area (Å²) in [6, 6.07) is -0.0384. The molecule has 1 aromatic rings. The average Bonchev–Trinajstić information content (AvgIpc) is 2.49. The van der Waals surface area contributed by atoms with Gasteiger partial charge in [0, 0.05) is 6.42 Å². The second kappa shape index (κ2) is 6.12. The lowest BCUT2D eigenvalue weighted by atomic mass is 10.1. The highest BCUT2D eigenvalue weighted by Gasteiger charge is 2.25. The van der Waals surface area contributed by atoms with E-state index in [4.69, 9.17) is 0 Å². The van der Waals surface area contributed by atoms with E-state index in [1.54, 1.807) is 0 Å². The molecule has 2 heterocycles. The fraction of sp³-hybridized carbons (Fsp3) is 0.667. The number of nitrogens with one attached hydrogen (secondary N) is 2. The largest absolute Gasteiger partial charge is 0.306 e. The van der Waals surface area contributed by atoms with Gasteiger partial charge in [0.1, 0.15) is 5.01 Å². The Morgan fingerprint density at radius 1 is 1.62 bits per heavy atom. The standard InChI is InChI=1S/C9H14N4OS.ClH/c1-2-3-7-12-13-9(15-7)11-8(14)6-4-5-10-6;/h6,10H,2-5H2,1H3,(H,11,13,14);1H/t6-;/m1./s1. The molecule has 2 rings (SSSR count). The van der Waals surface area contributed by atoms with Crippen molar-refractivity contribution in [2.45, 2.75) is 32.2 Å². The van der Waals surface area contributed by atoms with Crippen LogP contribution in [0.2, 0.25) is 0 Å². The smallest absolute Gasteiger partial charge is 0.243 e. The fourth-order valence-corrected chi connectivity index (χ4v) is 2.17. The van der Waals surface area contributed by atoms with Crippen molar-refractivity contribution in [3.05, 3.63) is 5.01 Å². The van der Waals surface area contributed by atoms with Gasteiger partial charge in [-0.2, -0.15) is 0 Å². The van der Waals surface area contributed by atoms with Gasteiger partial charge in [-0.3, -0.25) is 10.1 Å². The summed E-state index contributed by atoms with van der Waals surface area (Å²) in [6.45, 7) is 3.02. The highest BCUT2D eigenvalue weighted by atomic mass is 35.5. The molecule has 7 heteroatoms. The summed E-state index contributed by atoms with van der Waals surface area (Å²) in [7, 11) is 0. The number of aromatic nitrogens is 2. The highest BCUT2D eigenvalue weighted by Crippen LogP contribution is 2.17. The molecule has 0 unspecified atom stereocenters. The predicted octanol–water partition coefficient (Wildman–Crippen LogP) is 1.21. The van der Waals surface area contributed by atoms with Crippen molar-refractivity contribution < 1.29 is 4.79 Å². The van der Waals surface area contributed by atoms with Crippen molar-refractivity contribution in [2.75, 3.05) is 11.9 Å². The van der Waals surface area contributed by atoms with Gasteiger partial charge in [0.15, 0.2) is 0 Å². The van der Waals surface area contributed by atoms with E-state index in [2.05, 4.69) is 27.8 Å². The number of halogens is 1. The van der Waals surface area contributed by atoms with Crippen molar-refractivity contribution >= 4 is 34.8 Å². The Labute approximate surface area is 104 Å². The molecule has 0 bridgehead atoms. The van der Waals surface area contributed by atoms with Gasteiger partial charge < -0.3 is 5.32 Å². The summed E-state index contributed by atoms with van der Waals surface area (Å²) in [4.78, 5) is 11.5. The molecule has 1 fully saturated rings. The molecule has 1 atom stereocenters. The number of rotatable bonds is 4. The Bertz CT molecular complexity index is 353. The summed E-state index contributed by atoms with van der Waals surface area (Å²) in [5.41, 5.74) is 0. The van der Waals surface area contributed by atoms with Crippen LogP contribution in [-0.4, -0.2) is 28.7 Å². The number of carbonyl (C=O) groups excluding carboxylic acids is 1. The van der Waals surface area contributed by atoms with E-state index in [-0.39, 0.29) is 24.4 Å². The van der Waals surface area contributed by atoms with Crippen molar-refractivity contribution in [3.63, 3.8) is 0 Å². The first-order valence-electron chi connectivity index (χ1n) is 5.16. The molecule has 0 aromatic carbocycles. The molecule has 16 heavy (non-hydrogen) atoms. The second-order valence-corrected chi connectivity index (χ2v) is 4.60. The lowest BCUT2D eigenvalue weighted by Crippen LogP contribution is -2.50. The number of carbonyl (C=O) groups is 1. The minimum Gasteiger partial charge on any atom is -0.306 e. The van der Waals surface area contributed by atoms with E-state index in [0.717, 1.165) is 30.8 Å². The third kappa shape index (κ3) is 3.13. The van der Waals surface area contributed by atoms with Crippen LogP contribution in [0.25, 0.3) is 0 Å². The van der Waals surface area contributed by atoms with Crippen LogP contribution in [0, 0.1) is 0 Å². The van der Waals surface area contributed by atoms with Crippen molar-refractivity contribution in [3.8, 4) is 0 Å². The summed E-state index contributed by atoms with van der Waals surface area (Å²) in [5, 5.41) is 15.3. The van der Waals surface area contributed by atoms with Gasteiger partial charge in [0.2, 0.25) is 11.0 Å². The minimum absolute atomic E-state index is 0. The van der Waals surface area contributed by atoms with Crippen LogP contribution in [0.15, 0.2) is 0 Å². The van der Waals surface area contributed by atoms with Crippen molar-refractivity contribution in [2.24, 2.45) is 0 Å². The predicted molar refractivity (Wildman–Crippen MR) is 66.2 cm³/mol. The summed E-state index contributed by atoms with van der Waals surface area (Å²) < 4.78 is 0. The zero-order chi connectivity index (χ0) is 10.7. The van der Waals surface area contributed by atoms with Crippen LogP contribution in [-0.2, 0) is 11.2 Å². The SMILES string of the molecule is CCCc1nnc(NC(=O)[C@H]2CCN2)s1.Cl. The van der Waals surface area contributed by atoms with Crippen LogP contribution < -0.4 is 10.6 Å². The Balaban J connectivity index is 0.00000128. The number of hydrogen-bond donors (Lipinski definition) is 2. The quantitative estimate of drug-likeness (QED) is 0.856. The third-order valence-corrected chi connectivity index (χ3v) is 3.20. The Kier molecular flexibility index (Phi) is 5.11. The van der Waals surface area contributed by atoms with Crippen LogP contribution in [0.3, 0.4) is 0 Å². The number of nitrogens with zero attached hydrogens (tertiary/aromatic N) is 2. The van der Waals surface area contributed by atoms with E-state index in [9.17, 15) is 4.79 Å². The normalized spacial score (nSPS) is 18.4. The Hall–Kier alpha value is -0.720. The van der Waals surface area contributed by atoms with E-state index in [1.165, 1.54) is 11.3 Å². The molecule has 1 saturated heterocycles. The molecular weight excluding hydrogens is 248 g/mol. The van der Waals surface area contributed by atoms with E-state index in [0.29, 0.717) is 5.13 Å². The maximum absolute atomic E-state index is 11.5. The number of hydrogen-bond acceptors (Lipinski definition) is 5. The van der Waals surface area contributed by atoms with Crippen LogP contribution in [0.4, 0.5) is 5.13 Å². The zero-order valence-electron chi connectivity index (χ0n) is 9.02. The minimum atomic E-state index is -0.0384. The van der Waals surface area contributed by atoms with Gasteiger partial charge in [-0.25, -0.2) is 0 Å². The lowest BCUT2D eigenvalue weighted by molar-refractivity contribution is -0.119. The monoisotopic (exact) mass is 262 g/mol. The number of amides is 1.